The Labute approximate surface area is 186 Å². The molecular formula is C25H24N6O. The Bertz CT molecular complexity index is 1300. The molecule has 2 aliphatic heterocycles. The first kappa shape index (κ1) is 20.0. The lowest BCUT2D eigenvalue weighted by Gasteiger charge is -2.29. The summed E-state index contributed by atoms with van der Waals surface area (Å²) in [6.45, 7) is 6.99. The molecule has 2 aliphatic rings. The second-order valence-electron chi connectivity index (χ2n) is 8.29. The highest BCUT2D eigenvalue weighted by molar-refractivity contribution is 5.85. The molecule has 0 fully saturated rings. The molecule has 2 aromatic carbocycles. The van der Waals surface area contributed by atoms with Gasteiger partial charge in [0.25, 0.3) is 0 Å². The standard InChI is InChI=1S/C25H24N6O/c1-15-14-30(20-7-4-18(12-26)5-8-20)24-16(2)21(19-6-11-23(32)27-13-19)9-10-22(24)31-17(3)28-29-25(15)31/h4-11,13,15,23,27,32H,14H2,1-3H3/t15-,23?/m1/s1. The first-order valence-electron chi connectivity index (χ1n) is 10.6. The van der Waals surface area contributed by atoms with E-state index in [4.69, 9.17) is 0 Å². The molecule has 7 nitrogen and oxygen atoms in total. The van der Waals surface area contributed by atoms with Crippen molar-refractivity contribution in [3.8, 4) is 11.8 Å². The SMILES string of the molecule is Cc1c(C2=CNC(O)C=C2)ccc2c1N(c1ccc(C#N)cc1)C[C@@H](C)c1nnc(C)n1-2. The number of nitrogens with one attached hydrogen (secondary N) is 1. The predicted molar refractivity (Wildman–Crippen MR) is 124 cm³/mol. The average Bonchev–Trinajstić information content (AvgIpc) is 3.13. The maximum Gasteiger partial charge on any atom is 0.143 e. The number of hydrogen-bond acceptors (Lipinski definition) is 6. The topological polar surface area (TPSA) is 90.0 Å². The van der Waals surface area contributed by atoms with E-state index >= 15 is 0 Å². The van der Waals surface area contributed by atoms with Crippen molar-refractivity contribution >= 4 is 16.9 Å². The van der Waals surface area contributed by atoms with E-state index in [9.17, 15) is 10.4 Å². The molecule has 3 heterocycles. The molecule has 1 aromatic heterocycles. The molecule has 0 saturated heterocycles. The molecule has 0 aliphatic carbocycles. The summed E-state index contributed by atoms with van der Waals surface area (Å²) >= 11 is 0. The molecule has 5 rings (SSSR count). The number of nitrogens with zero attached hydrogens (tertiary/aromatic N) is 5. The summed E-state index contributed by atoms with van der Waals surface area (Å²) in [7, 11) is 0. The van der Waals surface area contributed by atoms with Crippen LogP contribution in [0.25, 0.3) is 11.3 Å². The zero-order valence-electron chi connectivity index (χ0n) is 18.2. The summed E-state index contributed by atoms with van der Waals surface area (Å²) in [6, 6.07) is 14.1. The van der Waals surface area contributed by atoms with Gasteiger partial charge in [-0.15, -0.1) is 10.2 Å². The molecule has 0 spiro atoms. The molecule has 0 amide bonds. The van der Waals surface area contributed by atoms with Crippen molar-refractivity contribution in [1.29, 1.82) is 5.26 Å². The smallest absolute Gasteiger partial charge is 0.143 e. The number of aromatic nitrogens is 3. The third-order valence-electron chi connectivity index (χ3n) is 6.15. The van der Waals surface area contributed by atoms with Crippen LogP contribution >= 0.6 is 0 Å². The van der Waals surface area contributed by atoms with Crippen LogP contribution in [-0.2, 0) is 0 Å². The van der Waals surface area contributed by atoms with Crippen LogP contribution in [0.15, 0.2) is 54.8 Å². The van der Waals surface area contributed by atoms with Gasteiger partial charge in [-0.3, -0.25) is 4.57 Å². The molecule has 0 bridgehead atoms. The molecule has 32 heavy (non-hydrogen) atoms. The van der Waals surface area contributed by atoms with Crippen molar-refractivity contribution in [2.75, 3.05) is 11.4 Å². The van der Waals surface area contributed by atoms with Gasteiger partial charge in [-0.2, -0.15) is 5.26 Å². The molecule has 0 saturated carbocycles. The second-order valence-corrected chi connectivity index (χ2v) is 8.29. The summed E-state index contributed by atoms with van der Waals surface area (Å²) in [4.78, 5) is 2.31. The number of hydrogen-bond donors (Lipinski definition) is 2. The van der Waals surface area contributed by atoms with E-state index in [1.165, 1.54) is 0 Å². The zero-order valence-corrected chi connectivity index (χ0v) is 18.2. The first-order chi connectivity index (χ1) is 15.5. The lowest BCUT2D eigenvalue weighted by atomic mass is 9.96. The van der Waals surface area contributed by atoms with Gasteiger partial charge in [0.2, 0.25) is 0 Å². The highest BCUT2D eigenvalue weighted by Crippen LogP contribution is 2.42. The number of dihydropyridines is 1. The van der Waals surface area contributed by atoms with Crippen LogP contribution in [0, 0.1) is 25.2 Å². The van der Waals surface area contributed by atoms with Crippen LogP contribution in [0.4, 0.5) is 11.4 Å². The van der Waals surface area contributed by atoms with Gasteiger partial charge in [-0.25, -0.2) is 0 Å². The number of nitriles is 1. The summed E-state index contributed by atoms with van der Waals surface area (Å²) in [5.74, 6) is 1.94. The van der Waals surface area contributed by atoms with Gasteiger partial charge < -0.3 is 15.3 Å². The summed E-state index contributed by atoms with van der Waals surface area (Å²) in [5, 5.41) is 30.8. The monoisotopic (exact) mass is 424 g/mol. The maximum atomic E-state index is 9.76. The van der Waals surface area contributed by atoms with Gasteiger partial charge in [0.15, 0.2) is 0 Å². The van der Waals surface area contributed by atoms with Crippen molar-refractivity contribution in [2.45, 2.75) is 32.9 Å². The lowest BCUT2D eigenvalue weighted by Crippen LogP contribution is -2.24. The van der Waals surface area contributed by atoms with E-state index in [0.29, 0.717) is 5.56 Å². The zero-order chi connectivity index (χ0) is 22.4. The minimum Gasteiger partial charge on any atom is -0.370 e. The van der Waals surface area contributed by atoms with E-state index in [1.807, 2.05) is 43.5 Å². The van der Waals surface area contributed by atoms with E-state index in [0.717, 1.165) is 52.0 Å². The number of aliphatic hydroxyl groups is 1. The van der Waals surface area contributed by atoms with Crippen LogP contribution in [0.1, 0.15) is 41.2 Å². The van der Waals surface area contributed by atoms with Crippen molar-refractivity contribution < 1.29 is 5.11 Å². The highest BCUT2D eigenvalue weighted by atomic mass is 16.3. The predicted octanol–water partition coefficient (Wildman–Crippen LogP) is 3.83. The molecule has 2 atom stereocenters. The third-order valence-corrected chi connectivity index (χ3v) is 6.15. The van der Waals surface area contributed by atoms with Crippen LogP contribution < -0.4 is 10.2 Å². The number of anilines is 2. The van der Waals surface area contributed by atoms with E-state index < -0.39 is 6.23 Å². The van der Waals surface area contributed by atoms with Crippen molar-refractivity contribution in [1.82, 2.24) is 20.1 Å². The molecule has 1 unspecified atom stereocenters. The Morgan fingerprint density at radius 1 is 1.12 bits per heavy atom. The van der Waals surface area contributed by atoms with Gasteiger partial charge in [-0.1, -0.05) is 19.1 Å². The minimum absolute atomic E-state index is 0.146. The first-order valence-corrected chi connectivity index (χ1v) is 10.6. The Kier molecular flexibility index (Phi) is 4.80. The molecular weight excluding hydrogens is 400 g/mol. The van der Waals surface area contributed by atoms with Crippen LogP contribution in [-0.4, -0.2) is 32.6 Å². The van der Waals surface area contributed by atoms with E-state index in [1.54, 1.807) is 6.08 Å². The number of allylic oxidation sites excluding steroid dienone is 2. The van der Waals surface area contributed by atoms with Gasteiger partial charge >= 0.3 is 0 Å². The van der Waals surface area contributed by atoms with Gasteiger partial charge in [0.1, 0.15) is 17.9 Å². The van der Waals surface area contributed by atoms with Crippen molar-refractivity contribution in [2.24, 2.45) is 0 Å². The van der Waals surface area contributed by atoms with Gasteiger partial charge in [0, 0.05) is 24.4 Å². The number of rotatable bonds is 2. The fourth-order valence-corrected chi connectivity index (χ4v) is 4.55. The largest absolute Gasteiger partial charge is 0.370 e. The van der Waals surface area contributed by atoms with E-state index in [-0.39, 0.29) is 5.92 Å². The van der Waals surface area contributed by atoms with Crippen molar-refractivity contribution in [3.63, 3.8) is 0 Å². The molecule has 160 valence electrons. The molecule has 7 heteroatoms. The maximum absolute atomic E-state index is 9.76. The fraction of sp³-hybridized carbons (Fsp3) is 0.240. The van der Waals surface area contributed by atoms with Gasteiger partial charge in [0.05, 0.1) is 23.0 Å². The third kappa shape index (κ3) is 3.17. The van der Waals surface area contributed by atoms with Crippen LogP contribution in [0.5, 0.6) is 0 Å². The second kappa shape index (κ2) is 7.66. The Morgan fingerprint density at radius 2 is 1.91 bits per heavy atom. The molecule has 3 aromatic rings. The van der Waals surface area contributed by atoms with Crippen LogP contribution in [0.3, 0.4) is 0 Å². The molecule has 2 N–H and O–H groups in total. The fourth-order valence-electron chi connectivity index (χ4n) is 4.55. The Hall–Kier alpha value is -3.89. The number of aryl methyl sites for hydroxylation is 1. The Balaban J connectivity index is 1.74. The number of aliphatic hydroxyl groups excluding tert-OH is 1. The lowest BCUT2D eigenvalue weighted by molar-refractivity contribution is 0.201. The minimum atomic E-state index is -0.668. The number of benzene rings is 2. The summed E-state index contributed by atoms with van der Waals surface area (Å²) in [6.07, 6.45) is 4.86. The van der Waals surface area contributed by atoms with Crippen molar-refractivity contribution in [3.05, 3.63) is 83.1 Å². The summed E-state index contributed by atoms with van der Waals surface area (Å²) in [5.41, 5.74) is 6.99. The highest BCUT2D eigenvalue weighted by Gasteiger charge is 2.30. The normalized spacial score (nSPS) is 19.3. The van der Waals surface area contributed by atoms with Crippen LogP contribution in [0.2, 0.25) is 0 Å². The number of fused-ring (bicyclic) bond motifs is 3. The quantitative estimate of drug-likeness (QED) is 0.650. The summed E-state index contributed by atoms with van der Waals surface area (Å²) < 4.78 is 2.15. The van der Waals surface area contributed by atoms with Gasteiger partial charge in [-0.05, 0) is 67.0 Å². The Morgan fingerprint density at radius 3 is 2.59 bits per heavy atom. The molecule has 0 radical (unpaired) electrons. The average molecular weight is 425 g/mol. The van der Waals surface area contributed by atoms with E-state index in [2.05, 4.69) is 57.0 Å².